The zero-order valence-corrected chi connectivity index (χ0v) is 9.73. The van der Waals surface area contributed by atoms with Crippen molar-refractivity contribution in [3.63, 3.8) is 0 Å². The van der Waals surface area contributed by atoms with Crippen LogP contribution in [0.25, 0.3) is 0 Å². The second kappa shape index (κ2) is 4.84. The number of hydrogen-bond acceptors (Lipinski definition) is 5. The van der Waals surface area contributed by atoms with Crippen molar-refractivity contribution >= 4 is 11.5 Å². The fraction of sp³-hybridized carbons (Fsp3) is 0.182. The Kier molecular flexibility index (Phi) is 3.24. The molecule has 0 fully saturated rings. The molecule has 2 rings (SSSR count). The molecule has 0 amide bonds. The smallest absolute Gasteiger partial charge is 0.334 e. The summed E-state index contributed by atoms with van der Waals surface area (Å²) in [5.74, 6) is 0.0164. The van der Waals surface area contributed by atoms with Crippen LogP contribution in [0.15, 0.2) is 33.9 Å². The Balaban J connectivity index is 2.40. The van der Waals surface area contributed by atoms with Gasteiger partial charge in [0, 0.05) is 11.7 Å². The SMILES string of the molecule is CC(N)c1ccccc1Nc1n[nH]c(=O)[nH]c1=O. The van der Waals surface area contributed by atoms with E-state index in [1.54, 1.807) is 6.07 Å². The molecule has 2 aromatic rings. The van der Waals surface area contributed by atoms with Crippen LogP contribution in [0.1, 0.15) is 18.5 Å². The van der Waals surface area contributed by atoms with E-state index in [4.69, 9.17) is 5.73 Å². The van der Waals surface area contributed by atoms with Gasteiger partial charge in [0.2, 0.25) is 5.82 Å². The molecule has 5 N–H and O–H groups in total. The van der Waals surface area contributed by atoms with Gasteiger partial charge in [-0.3, -0.25) is 9.78 Å². The highest BCUT2D eigenvalue weighted by atomic mass is 16.2. The third-order valence-electron chi connectivity index (χ3n) is 2.42. The van der Waals surface area contributed by atoms with Gasteiger partial charge >= 0.3 is 5.69 Å². The Morgan fingerprint density at radius 3 is 2.72 bits per heavy atom. The molecule has 1 aromatic carbocycles. The average molecular weight is 247 g/mol. The van der Waals surface area contributed by atoms with Gasteiger partial charge < -0.3 is 11.1 Å². The Bertz CT molecular complexity index is 659. The van der Waals surface area contributed by atoms with E-state index in [0.717, 1.165) is 5.56 Å². The quantitative estimate of drug-likeness (QED) is 0.619. The number of nitrogens with zero attached hydrogens (tertiary/aromatic N) is 1. The van der Waals surface area contributed by atoms with Gasteiger partial charge in [0.05, 0.1) is 0 Å². The molecule has 0 aliphatic carbocycles. The molecule has 0 aliphatic rings. The van der Waals surface area contributed by atoms with Crippen molar-refractivity contribution in [2.24, 2.45) is 5.73 Å². The minimum atomic E-state index is -0.647. The minimum absolute atomic E-state index is 0.0164. The van der Waals surface area contributed by atoms with Gasteiger partial charge in [0.15, 0.2) is 0 Å². The van der Waals surface area contributed by atoms with E-state index in [-0.39, 0.29) is 11.9 Å². The molecule has 7 heteroatoms. The first-order valence-electron chi connectivity index (χ1n) is 5.38. The largest absolute Gasteiger partial charge is 0.342 e. The first-order chi connectivity index (χ1) is 8.58. The van der Waals surface area contributed by atoms with Crippen LogP contribution in [0, 0.1) is 0 Å². The van der Waals surface area contributed by atoms with Crippen LogP contribution < -0.4 is 22.3 Å². The number of aromatic nitrogens is 3. The van der Waals surface area contributed by atoms with Crippen molar-refractivity contribution in [2.75, 3.05) is 5.32 Å². The first-order valence-corrected chi connectivity index (χ1v) is 5.38. The fourth-order valence-corrected chi connectivity index (χ4v) is 1.57. The number of nitrogens with two attached hydrogens (primary N) is 1. The highest BCUT2D eigenvalue weighted by Gasteiger charge is 2.08. The van der Waals surface area contributed by atoms with E-state index in [1.807, 2.05) is 25.1 Å². The van der Waals surface area contributed by atoms with Crippen molar-refractivity contribution in [3.8, 4) is 0 Å². The number of aromatic amines is 2. The molecule has 0 saturated heterocycles. The van der Waals surface area contributed by atoms with Crippen LogP contribution in [0.3, 0.4) is 0 Å². The second-order valence-electron chi connectivity index (χ2n) is 3.86. The van der Waals surface area contributed by atoms with Gasteiger partial charge in [-0.25, -0.2) is 9.89 Å². The summed E-state index contributed by atoms with van der Waals surface area (Å²) in [6.07, 6.45) is 0. The summed E-state index contributed by atoms with van der Waals surface area (Å²) in [6.45, 7) is 1.84. The van der Waals surface area contributed by atoms with E-state index in [0.29, 0.717) is 5.69 Å². The maximum Gasteiger partial charge on any atom is 0.342 e. The Morgan fingerprint density at radius 2 is 2.06 bits per heavy atom. The number of anilines is 2. The lowest BCUT2D eigenvalue weighted by molar-refractivity contribution is 0.819. The minimum Gasteiger partial charge on any atom is -0.334 e. The summed E-state index contributed by atoms with van der Waals surface area (Å²) < 4.78 is 0. The standard InChI is InChI=1S/C11H13N5O2/c1-6(12)7-4-2-3-5-8(7)13-9-10(17)14-11(18)16-15-9/h2-6H,12H2,1H3,(H,13,15)(H2,14,16,17,18). The Morgan fingerprint density at radius 1 is 1.33 bits per heavy atom. The fourth-order valence-electron chi connectivity index (χ4n) is 1.57. The van der Waals surface area contributed by atoms with Crippen molar-refractivity contribution in [2.45, 2.75) is 13.0 Å². The van der Waals surface area contributed by atoms with E-state index in [1.165, 1.54) is 0 Å². The summed E-state index contributed by atoms with van der Waals surface area (Å²) in [5, 5.41) is 8.64. The van der Waals surface area contributed by atoms with Gasteiger partial charge in [0.25, 0.3) is 5.56 Å². The lowest BCUT2D eigenvalue weighted by Gasteiger charge is -2.12. The molecule has 0 radical (unpaired) electrons. The Hall–Kier alpha value is -2.41. The van der Waals surface area contributed by atoms with Crippen molar-refractivity contribution in [1.82, 2.24) is 15.2 Å². The zero-order valence-electron chi connectivity index (χ0n) is 9.73. The lowest BCUT2D eigenvalue weighted by atomic mass is 10.1. The normalized spacial score (nSPS) is 12.1. The van der Waals surface area contributed by atoms with Crippen LogP contribution in [0.5, 0.6) is 0 Å². The summed E-state index contributed by atoms with van der Waals surface area (Å²) >= 11 is 0. The molecule has 7 nitrogen and oxygen atoms in total. The average Bonchev–Trinajstić information content (AvgIpc) is 2.33. The molecule has 0 aliphatic heterocycles. The van der Waals surface area contributed by atoms with Gasteiger partial charge in [-0.1, -0.05) is 18.2 Å². The van der Waals surface area contributed by atoms with E-state index >= 15 is 0 Å². The second-order valence-corrected chi connectivity index (χ2v) is 3.86. The molecular formula is C11H13N5O2. The van der Waals surface area contributed by atoms with Crippen LogP contribution >= 0.6 is 0 Å². The van der Waals surface area contributed by atoms with Crippen LogP contribution in [0.2, 0.25) is 0 Å². The number of H-pyrrole nitrogens is 2. The number of benzene rings is 1. The molecule has 0 bridgehead atoms. The summed E-state index contributed by atoms with van der Waals surface area (Å²) in [7, 11) is 0. The number of nitrogens with one attached hydrogen (secondary N) is 3. The summed E-state index contributed by atoms with van der Waals surface area (Å²) in [6, 6.07) is 7.12. The molecule has 1 unspecified atom stereocenters. The summed E-state index contributed by atoms with van der Waals surface area (Å²) in [4.78, 5) is 24.4. The molecule has 0 saturated carbocycles. The van der Waals surface area contributed by atoms with Crippen LogP contribution in [-0.4, -0.2) is 15.2 Å². The molecule has 0 spiro atoms. The topological polar surface area (TPSA) is 117 Å². The van der Waals surface area contributed by atoms with Gasteiger partial charge in [0.1, 0.15) is 0 Å². The van der Waals surface area contributed by atoms with Crippen LogP contribution in [0.4, 0.5) is 11.5 Å². The van der Waals surface area contributed by atoms with Gasteiger partial charge in [-0.2, -0.15) is 0 Å². The molecule has 1 atom stereocenters. The third-order valence-corrected chi connectivity index (χ3v) is 2.42. The number of hydrogen-bond donors (Lipinski definition) is 4. The monoisotopic (exact) mass is 247 g/mol. The summed E-state index contributed by atoms with van der Waals surface area (Å²) in [5.41, 5.74) is 6.12. The predicted octanol–water partition coefficient (Wildman–Crippen LogP) is 0.222. The van der Waals surface area contributed by atoms with Gasteiger partial charge in [-0.15, -0.1) is 5.10 Å². The van der Waals surface area contributed by atoms with E-state index < -0.39 is 11.2 Å². The van der Waals surface area contributed by atoms with Crippen LogP contribution in [-0.2, 0) is 0 Å². The van der Waals surface area contributed by atoms with E-state index in [9.17, 15) is 9.59 Å². The highest BCUT2D eigenvalue weighted by Crippen LogP contribution is 2.22. The van der Waals surface area contributed by atoms with E-state index in [2.05, 4.69) is 20.5 Å². The highest BCUT2D eigenvalue weighted by molar-refractivity contribution is 5.60. The number of rotatable bonds is 3. The third kappa shape index (κ3) is 2.46. The van der Waals surface area contributed by atoms with Gasteiger partial charge in [-0.05, 0) is 18.6 Å². The maximum absolute atomic E-state index is 11.5. The lowest BCUT2D eigenvalue weighted by Crippen LogP contribution is -2.26. The molecule has 1 aromatic heterocycles. The predicted molar refractivity (Wildman–Crippen MR) is 67.8 cm³/mol. The zero-order chi connectivity index (χ0) is 13.1. The van der Waals surface area contributed by atoms with Crippen molar-refractivity contribution in [1.29, 1.82) is 0 Å². The molecule has 18 heavy (non-hydrogen) atoms. The maximum atomic E-state index is 11.5. The molecular weight excluding hydrogens is 234 g/mol. The molecule has 94 valence electrons. The first kappa shape index (κ1) is 12.1. The molecule has 1 heterocycles. The van der Waals surface area contributed by atoms with Crippen molar-refractivity contribution in [3.05, 3.63) is 50.7 Å². The Labute approximate surface area is 102 Å². The van der Waals surface area contributed by atoms with Crippen molar-refractivity contribution < 1.29 is 0 Å². The number of para-hydroxylation sites is 1.